The molecule has 1 aromatic carbocycles. The number of unbranched alkanes of at least 4 members (excludes halogenated alkanes) is 6. The van der Waals surface area contributed by atoms with Crippen LogP contribution in [0, 0.1) is 18.4 Å². The number of fused-ring (bicyclic) bond motifs is 1. The molecule has 0 aliphatic heterocycles. The van der Waals surface area contributed by atoms with Gasteiger partial charge in [-0.2, -0.15) is 14.4 Å². The van der Waals surface area contributed by atoms with Crippen molar-refractivity contribution in [2.45, 2.75) is 76.5 Å². The van der Waals surface area contributed by atoms with Crippen molar-refractivity contribution in [2.24, 2.45) is 0 Å². The number of aliphatic hydroxyl groups excluding tert-OH is 1. The minimum absolute atomic E-state index is 0.0427. The topological polar surface area (TPSA) is 128 Å². The van der Waals surface area contributed by atoms with Gasteiger partial charge in [0.2, 0.25) is 5.91 Å². The molecule has 0 fully saturated rings. The highest BCUT2D eigenvalue weighted by molar-refractivity contribution is 5.96. The van der Waals surface area contributed by atoms with Crippen LogP contribution in [0.1, 0.15) is 68.6 Å². The third-order valence-electron chi connectivity index (χ3n) is 6.65. The van der Waals surface area contributed by atoms with E-state index >= 15 is 0 Å². The highest BCUT2D eigenvalue weighted by atomic mass is 19.1. The Kier molecular flexibility index (Phi) is 11.5. The second-order valence-electron chi connectivity index (χ2n) is 9.53. The van der Waals surface area contributed by atoms with Gasteiger partial charge in [0.1, 0.15) is 12.7 Å². The van der Waals surface area contributed by atoms with Gasteiger partial charge in [0, 0.05) is 13.5 Å². The lowest BCUT2D eigenvalue weighted by Crippen LogP contribution is -2.49. The molecular formula is C29H36FN5O5. The minimum Gasteiger partial charge on any atom is -0.458 e. The minimum atomic E-state index is -1.71. The Hall–Kier alpha value is -3.88. The predicted molar refractivity (Wildman–Crippen MR) is 148 cm³/mol. The summed E-state index contributed by atoms with van der Waals surface area (Å²) in [6.45, 7) is 1.50. The number of esters is 1. The van der Waals surface area contributed by atoms with Crippen molar-refractivity contribution in [3.8, 4) is 12.3 Å². The first-order valence-corrected chi connectivity index (χ1v) is 13.4. The van der Waals surface area contributed by atoms with E-state index in [-0.39, 0.29) is 35.9 Å². The van der Waals surface area contributed by atoms with Crippen LogP contribution in [0.5, 0.6) is 0 Å². The molecule has 2 atom stereocenters. The Balaban J connectivity index is 1.66. The summed E-state index contributed by atoms with van der Waals surface area (Å²) in [6, 6.07) is 8.30. The third-order valence-corrected chi connectivity index (χ3v) is 6.65. The molecule has 0 aliphatic rings. The Morgan fingerprint density at radius 3 is 2.52 bits per heavy atom. The van der Waals surface area contributed by atoms with Crippen LogP contribution in [-0.4, -0.2) is 61.9 Å². The van der Waals surface area contributed by atoms with Gasteiger partial charge in [0.25, 0.3) is 0 Å². The number of imidazole rings is 1. The van der Waals surface area contributed by atoms with E-state index in [1.54, 1.807) is 30.3 Å². The fourth-order valence-corrected chi connectivity index (χ4v) is 4.23. The first-order chi connectivity index (χ1) is 19.3. The fraction of sp³-hybridized carbons (Fsp3) is 0.483. The van der Waals surface area contributed by atoms with Crippen molar-refractivity contribution in [1.82, 2.24) is 19.5 Å². The summed E-state index contributed by atoms with van der Waals surface area (Å²) in [4.78, 5) is 36.6. The number of hydrogen-bond acceptors (Lipinski definition) is 8. The van der Waals surface area contributed by atoms with Crippen LogP contribution in [0.2, 0.25) is 0 Å². The summed E-state index contributed by atoms with van der Waals surface area (Å²) in [6.07, 6.45) is 12.3. The molecule has 2 heterocycles. The number of carbonyl (C=O) groups is 2. The number of anilines is 1. The number of halogens is 1. The second kappa shape index (κ2) is 15.1. The van der Waals surface area contributed by atoms with E-state index in [9.17, 15) is 19.1 Å². The summed E-state index contributed by atoms with van der Waals surface area (Å²) in [5.41, 5.74) is -1.20. The SMILES string of the molecule is C#CC(COC(=O)c1ccccc1)(OC)[C@@H](O)Cn1cnc2c(NC(=O)CCCCCCCCC)nc(F)nc21. The van der Waals surface area contributed by atoms with Gasteiger partial charge < -0.3 is 24.5 Å². The Morgan fingerprint density at radius 1 is 1.15 bits per heavy atom. The highest BCUT2D eigenvalue weighted by Gasteiger charge is 2.39. The van der Waals surface area contributed by atoms with Gasteiger partial charge in [-0.3, -0.25) is 4.79 Å². The lowest BCUT2D eigenvalue weighted by Gasteiger charge is -2.31. The monoisotopic (exact) mass is 553 g/mol. The van der Waals surface area contributed by atoms with E-state index in [1.807, 2.05) is 0 Å². The zero-order valence-corrected chi connectivity index (χ0v) is 22.9. The van der Waals surface area contributed by atoms with Crippen molar-refractivity contribution in [3.05, 3.63) is 48.3 Å². The first-order valence-electron chi connectivity index (χ1n) is 13.4. The van der Waals surface area contributed by atoms with Crippen molar-refractivity contribution < 1.29 is 28.6 Å². The van der Waals surface area contributed by atoms with Crippen LogP contribution in [0.15, 0.2) is 36.7 Å². The summed E-state index contributed by atoms with van der Waals surface area (Å²) in [5, 5.41) is 13.7. The standard InChI is InChI=1S/C29H36FN5O5/c1-4-6-7-8-9-10-14-17-23(37)32-25-24-26(34-28(30)33-25)35(20-31-24)18-22(36)29(5-2,39-3)19-40-27(38)21-15-12-11-13-16-21/h2,11-13,15-16,20,22,36H,4,6-10,14,17-19H2,1,3H3,(H,32,33,34,37)/t22-,29?/m0/s1. The third kappa shape index (κ3) is 8.07. The molecule has 40 heavy (non-hydrogen) atoms. The maximum atomic E-state index is 14.3. The van der Waals surface area contributed by atoms with E-state index in [4.69, 9.17) is 15.9 Å². The molecule has 0 aliphatic carbocycles. The molecule has 10 nitrogen and oxygen atoms in total. The number of benzene rings is 1. The lowest BCUT2D eigenvalue weighted by molar-refractivity contribution is -0.116. The number of aliphatic hydroxyl groups is 1. The number of nitrogens with zero attached hydrogens (tertiary/aromatic N) is 4. The number of carbonyl (C=O) groups excluding carboxylic acids is 2. The summed E-state index contributed by atoms with van der Waals surface area (Å²) >= 11 is 0. The lowest BCUT2D eigenvalue weighted by atomic mass is 9.98. The normalized spacial score (nSPS) is 13.4. The summed E-state index contributed by atoms with van der Waals surface area (Å²) in [7, 11) is 1.28. The molecule has 0 radical (unpaired) electrons. The van der Waals surface area contributed by atoms with E-state index in [0.717, 1.165) is 25.7 Å². The number of terminal acetylenes is 1. The number of ether oxygens (including phenoxy) is 2. The molecule has 11 heteroatoms. The van der Waals surface area contributed by atoms with Gasteiger partial charge in [-0.1, -0.05) is 69.6 Å². The molecule has 1 unspecified atom stereocenters. The molecule has 3 aromatic rings. The number of rotatable bonds is 16. The second-order valence-corrected chi connectivity index (χ2v) is 9.53. The molecule has 2 N–H and O–H groups in total. The molecule has 0 saturated heterocycles. The van der Waals surface area contributed by atoms with E-state index < -0.39 is 30.4 Å². The Morgan fingerprint density at radius 2 is 1.85 bits per heavy atom. The van der Waals surface area contributed by atoms with Crippen molar-refractivity contribution in [3.63, 3.8) is 0 Å². The van der Waals surface area contributed by atoms with Gasteiger partial charge >= 0.3 is 12.0 Å². The van der Waals surface area contributed by atoms with Gasteiger partial charge in [-0.05, 0) is 18.6 Å². The maximum absolute atomic E-state index is 14.3. The zero-order valence-electron chi connectivity index (χ0n) is 22.9. The van der Waals surface area contributed by atoms with E-state index in [1.165, 1.54) is 37.3 Å². The molecule has 0 saturated carbocycles. The summed E-state index contributed by atoms with van der Waals surface area (Å²) < 4.78 is 26.4. The van der Waals surface area contributed by atoms with Gasteiger partial charge in [0.15, 0.2) is 22.6 Å². The van der Waals surface area contributed by atoms with E-state index in [0.29, 0.717) is 5.56 Å². The summed E-state index contributed by atoms with van der Waals surface area (Å²) in [5.74, 6) is 1.38. The number of amides is 1. The largest absolute Gasteiger partial charge is 0.458 e. The van der Waals surface area contributed by atoms with Gasteiger partial charge in [-0.25, -0.2) is 9.78 Å². The van der Waals surface area contributed by atoms with Crippen LogP contribution >= 0.6 is 0 Å². The van der Waals surface area contributed by atoms with Crippen LogP contribution in [0.3, 0.4) is 0 Å². The van der Waals surface area contributed by atoms with Crippen LogP contribution in [0.4, 0.5) is 10.2 Å². The molecule has 3 rings (SSSR count). The smallest absolute Gasteiger partial charge is 0.338 e. The average Bonchev–Trinajstić information content (AvgIpc) is 3.36. The van der Waals surface area contributed by atoms with Gasteiger partial charge in [0.05, 0.1) is 18.4 Å². The number of nitrogens with one attached hydrogen (secondary N) is 1. The van der Waals surface area contributed by atoms with Crippen LogP contribution < -0.4 is 5.32 Å². The maximum Gasteiger partial charge on any atom is 0.338 e. The van der Waals surface area contributed by atoms with Crippen molar-refractivity contribution in [2.75, 3.05) is 19.0 Å². The Labute approximate surface area is 233 Å². The molecular weight excluding hydrogens is 517 g/mol. The predicted octanol–water partition coefficient (Wildman–Crippen LogP) is 4.28. The zero-order chi connectivity index (χ0) is 29.0. The van der Waals surface area contributed by atoms with E-state index in [2.05, 4.69) is 33.1 Å². The van der Waals surface area contributed by atoms with Crippen LogP contribution in [0.25, 0.3) is 11.2 Å². The Bertz CT molecular complexity index is 1310. The van der Waals surface area contributed by atoms with Gasteiger partial charge in [-0.15, -0.1) is 6.42 Å². The highest BCUT2D eigenvalue weighted by Crippen LogP contribution is 2.23. The number of aromatic nitrogens is 4. The molecule has 0 spiro atoms. The first kappa shape index (κ1) is 30.7. The average molecular weight is 554 g/mol. The quantitative estimate of drug-likeness (QED) is 0.116. The molecule has 0 bridgehead atoms. The molecule has 214 valence electrons. The molecule has 1 amide bonds. The van der Waals surface area contributed by atoms with Crippen LogP contribution in [-0.2, 0) is 20.8 Å². The number of methoxy groups -OCH3 is 1. The van der Waals surface area contributed by atoms with Crippen molar-refractivity contribution >= 4 is 28.9 Å². The number of hydrogen-bond donors (Lipinski definition) is 2. The molecule has 2 aromatic heterocycles. The van der Waals surface area contributed by atoms with Crippen molar-refractivity contribution in [1.29, 1.82) is 0 Å². The fourth-order valence-electron chi connectivity index (χ4n) is 4.23.